The quantitative estimate of drug-likeness (QED) is 0.421. The van der Waals surface area contributed by atoms with Crippen LogP contribution in [0.15, 0.2) is 47.4 Å². The molecule has 0 spiro atoms. The molecule has 0 amide bonds. The van der Waals surface area contributed by atoms with Gasteiger partial charge in [0.25, 0.3) is 5.56 Å². The van der Waals surface area contributed by atoms with E-state index in [1.54, 1.807) is 25.1 Å². The van der Waals surface area contributed by atoms with Crippen LogP contribution in [0.4, 0.5) is 0 Å². The summed E-state index contributed by atoms with van der Waals surface area (Å²) in [5, 5.41) is 7.04. The SMILES string of the molecule is COc1cc2c3cnn(CN4CCN(Cc5ccccc5Cl)CC4)c(=O)c3n(C)c2cc1OC. The third kappa shape index (κ3) is 4.02. The number of nitrogens with zero attached hydrogens (tertiary/aromatic N) is 5. The van der Waals surface area contributed by atoms with Crippen LogP contribution in [0.5, 0.6) is 11.5 Å². The molecule has 2 aromatic heterocycles. The van der Waals surface area contributed by atoms with Gasteiger partial charge in [0.1, 0.15) is 5.52 Å². The minimum absolute atomic E-state index is 0.104. The zero-order valence-corrected chi connectivity index (χ0v) is 20.4. The van der Waals surface area contributed by atoms with E-state index in [1.165, 1.54) is 0 Å². The lowest BCUT2D eigenvalue weighted by atomic mass is 10.2. The van der Waals surface area contributed by atoms with Gasteiger partial charge in [0.05, 0.1) is 32.6 Å². The second-order valence-corrected chi connectivity index (χ2v) is 9.03. The van der Waals surface area contributed by atoms with E-state index in [0.717, 1.165) is 59.6 Å². The molecule has 34 heavy (non-hydrogen) atoms. The highest BCUT2D eigenvalue weighted by Gasteiger charge is 2.21. The average molecular weight is 482 g/mol. The highest BCUT2D eigenvalue weighted by molar-refractivity contribution is 6.31. The Hall–Kier alpha value is -3.07. The Bertz CT molecular complexity index is 1410. The number of hydrogen-bond donors (Lipinski definition) is 0. The molecule has 1 fully saturated rings. The lowest BCUT2D eigenvalue weighted by Gasteiger charge is -2.34. The van der Waals surface area contributed by atoms with Crippen LogP contribution in [0.2, 0.25) is 5.02 Å². The van der Waals surface area contributed by atoms with Crippen LogP contribution in [-0.2, 0) is 20.3 Å². The van der Waals surface area contributed by atoms with Crippen molar-refractivity contribution in [2.24, 2.45) is 7.05 Å². The van der Waals surface area contributed by atoms with Crippen LogP contribution in [0, 0.1) is 0 Å². The van der Waals surface area contributed by atoms with Crippen LogP contribution in [-0.4, -0.2) is 64.5 Å². The molecule has 178 valence electrons. The van der Waals surface area contributed by atoms with Gasteiger partial charge in [-0.05, 0) is 17.7 Å². The van der Waals surface area contributed by atoms with Crippen LogP contribution in [0.3, 0.4) is 0 Å². The molecule has 8 nitrogen and oxygen atoms in total. The number of fused-ring (bicyclic) bond motifs is 3. The number of aromatic nitrogens is 3. The summed E-state index contributed by atoms with van der Waals surface area (Å²) in [7, 11) is 5.11. The van der Waals surface area contributed by atoms with Crippen LogP contribution >= 0.6 is 11.6 Å². The van der Waals surface area contributed by atoms with E-state index < -0.39 is 0 Å². The molecule has 0 aliphatic carbocycles. The number of hydrogen-bond acceptors (Lipinski definition) is 6. The van der Waals surface area contributed by atoms with Crippen molar-refractivity contribution < 1.29 is 9.47 Å². The van der Waals surface area contributed by atoms with Crippen LogP contribution in [0.1, 0.15) is 5.56 Å². The highest BCUT2D eigenvalue weighted by atomic mass is 35.5. The zero-order chi connectivity index (χ0) is 23.8. The number of halogens is 1. The summed E-state index contributed by atoms with van der Waals surface area (Å²) in [6.07, 6.45) is 1.78. The summed E-state index contributed by atoms with van der Waals surface area (Å²) in [5.41, 5.74) is 2.56. The molecule has 3 heterocycles. The van der Waals surface area contributed by atoms with Gasteiger partial charge in [0.2, 0.25) is 0 Å². The van der Waals surface area contributed by atoms with Crippen molar-refractivity contribution in [3.8, 4) is 11.5 Å². The summed E-state index contributed by atoms with van der Waals surface area (Å²) < 4.78 is 14.4. The Kier molecular flexibility index (Phi) is 6.20. The number of benzene rings is 2. The standard InChI is InChI=1S/C25H28ClN5O3/c1-28-21-13-23(34-3)22(33-2)12-18(21)19-14-27-31(25(32)24(19)28)16-30-10-8-29(9-11-30)15-17-6-4-5-7-20(17)26/h4-7,12-14H,8-11,15-16H2,1-3H3. The fraction of sp³-hybridized carbons (Fsp3) is 0.360. The van der Waals surface area contributed by atoms with E-state index >= 15 is 0 Å². The third-order valence-electron chi connectivity index (χ3n) is 6.66. The normalized spacial score (nSPS) is 15.3. The first-order chi connectivity index (χ1) is 16.5. The molecule has 0 radical (unpaired) electrons. The smallest absolute Gasteiger partial charge is 0.292 e. The molecule has 1 aliphatic heterocycles. The lowest BCUT2D eigenvalue weighted by Crippen LogP contribution is -2.47. The van der Waals surface area contributed by atoms with Crippen molar-refractivity contribution in [1.82, 2.24) is 24.1 Å². The molecule has 9 heteroatoms. The Balaban J connectivity index is 1.36. The maximum atomic E-state index is 13.4. The number of piperazine rings is 1. The van der Waals surface area contributed by atoms with Crippen LogP contribution in [0.25, 0.3) is 21.8 Å². The first-order valence-electron chi connectivity index (χ1n) is 11.3. The molecule has 2 aromatic carbocycles. The van der Waals surface area contributed by atoms with Crippen molar-refractivity contribution in [2.45, 2.75) is 13.2 Å². The second kappa shape index (κ2) is 9.29. The fourth-order valence-electron chi connectivity index (χ4n) is 4.73. The van der Waals surface area contributed by atoms with Gasteiger partial charge in [-0.3, -0.25) is 14.6 Å². The van der Waals surface area contributed by atoms with Gasteiger partial charge in [-0.1, -0.05) is 29.8 Å². The Morgan fingerprint density at radius 2 is 1.65 bits per heavy atom. The molecule has 0 N–H and O–H groups in total. The molecule has 0 unspecified atom stereocenters. The molecule has 0 bridgehead atoms. The number of methoxy groups -OCH3 is 2. The van der Waals surface area contributed by atoms with Crippen molar-refractivity contribution in [1.29, 1.82) is 0 Å². The molecule has 5 rings (SSSR count). The van der Waals surface area contributed by atoms with E-state index in [4.69, 9.17) is 21.1 Å². The molecule has 0 saturated carbocycles. The van der Waals surface area contributed by atoms with E-state index in [2.05, 4.69) is 21.0 Å². The largest absolute Gasteiger partial charge is 0.493 e. The molecule has 1 saturated heterocycles. The molecule has 4 aromatic rings. The van der Waals surface area contributed by atoms with Crippen LogP contribution < -0.4 is 15.0 Å². The average Bonchev–Trinajstić information content (AvgIpc) is 3.14. The minimum Gasteiger partial charge on any atom is -0.493 e. The van der Waals surface area contributed by atoms with E-state index in [9.17, 15) is 4.79 Å². The highest BCUT2D eigenvalue weighted by Crippen LogP contribution is 2.36. The third-order valence-corrected chi connectivity index (χ3v) is 7.03. The maximum Gasteiger partial charge on any atom is 0.292 e. The number of ether oxygens (including phenoxy) is 2. The van der Waals surface area contributed by atoms with Crippen molar-refractivity contribution in [2.75, 3.05) is 40.4 Å². The fourth-order valence-corrected chi connectivity index (χ4v) is 4.92. The zero-order valence-electron chi connectivity index (χ0n) is 19.6. The van der Waals surface area contributed by atoms with Gasteiger partial charge in [0.15, 0.2) is 11.5 Å². The summed E-state index contributed by atoms with van der Waals surface area (Å²) in [5.74, 6) is 1.25. The summed E-state index contributed by atoms with van der Waals surface area (Å²) >= 11 is 6.32. The number of rotatable bonds is 6. The first kappa shape index (κ1) is 22.7. The Labute approximate surface area is 202 Å². The van der Waals surface area contributed by atoms with Gasteiger partial charge >= 0.3 is 0 Å². The van der Waals surface area contributed by atoms with E-state index in [1.807, 2.05) is 41.9 Å². The lowest BCUT2D eigenvalue weighted by molar-refractivity contribution is 0.0972. The minimum atomic E-state index is -0.104. The predicted octanol–water partition coefficient (Wildman–Crippen LogP) is 3.33. The van der Waals surface area contributed by atoms with Crippen molar-refractivity contribution in [3.05, 3.63) is 63.5 Å². The summed E-state index contributed by atoms with van der Waals surface area (Å²) in [6.45, 7) is 4.84. The van der Waals surface area contributed by atoms with Gasteiger partial charge in [0, 0.05) is 61.6 Å². The maximum absolute atomic E-state index is 13.4. The monoisotopic (exact) mass is 481 g/mol. The molecule has 0 atom stereocenters. The second-order valence-electron chi connectivity index (χ2n) is 8.62. The Morgan fingerprint density at radius 3 is 2.35 bits per heavy atom. The van der Waals surface area contributed by atoms with E-state index in [0.29, 0.717) is 23.7 Å². The molecule has 1 aliphatic rings. The van der Waals surface area contributed by atoms with Gasteiger partial charge in [-0.2, -0.15) is 5.10 Å². The van der Waals surface area contributed by atoms with Gasteiger partial charge in [-0.15, -0.1) is 0 Å². The van der Waals surface area contributed by atoms with E-state index in [-0.39, 0.29) is 5.56 Å². The Morgan fingerprint density at radius 1 is 0.971 bits per heavy atom. The molecular formula is C25H28ClN5O3. The van der Waals surface area contributed by atoms with Crippen molar-refractivity contribution >= 4 is 33.4 Å². The summed E-state index contributed by atoms with van der Waals surface area (Å²) in [4.78, 5) is 18.1. The number of aryl methyl sites for hydroxylation is 1. The topological polar surface area (TPSA) is 64.8 Å². The summed E-state index contributed by atoms with van der Waals surface area (Å²) in [6, 6.07) is 11.8. The van der Waals surface area contributed by atoms with Gasteiger partial charge in [-0.25, -0.2) is 4.68 Å². The molecular weight excluding hydrogens is 454 g/mol. The predicted molar refractivity (Wildman–Crippen MR) is 134 cm³/mol. The van der Waals surface area contributed by atoms with Crippen molar-refractivity contribution in [3.63, 3.8) is 0 Å². The van der Waals surface area contributed by atoms with Gasteiger partial charge < -0.3 is 14.0 Å². The first-order valence-corrected chi connectivity index (χ1v) is 11.7.